The van der Waals surface area contributed by atoms with Gasteiger partial charge in [-0.05, 0) is 42.3 Å². The molecular formula is C23H21N5O2. The van der Waals surface area contributed by atoms with Crippen molar-refractivity contribution >= 4 is 11.9 Å². The lowest BCUT2D eigenvalue weighted by atomic mass is 10.1. The molecule has 0 bridgehead atoms. The van der Waals surface area contributed by atoms with Gasteiger partial charge in [-0.15, -0.1) is 5.10 Å². The van der Waals surface area contributed by atoms with Crippen LogP contribution in [0.15, 0.2) is 72.9 Å². The average Bonchev–Trinajstić information content (AvgIpc) is 3.23. The normalized spacial score (nSPS) is 10.6. The zero-order valence-corrected chi connectivity index (χ0v) is 16.7. The Bertz CT molecular complexity index is 1160. The molecule has 7 nitrogen and oxygen atoms in total. The summed E-state index contributed by atoms with van der Waals surface area (Å²) in [5.74, 6) is 0.860. The minimum atomic E-state index is -0.336. The van der Waals surface area contributed by atoms with Crippen LogP contribution in [-0.2, 0) is 6.54 Å². The molecule has 7 heteroatoms. The molecule has 0 fully saturated rings. The van der Waals surface area contributed by atoms with E-state index in [2.05, 4.69) is 20.4 Å². The van der Waals surface area contributed by atoms with Gasteiger partial charge in [0.15, 0.2) is 0 Å². The van der Waals surface area contributed by atoms with Gasteiger partial charge in [-0.1, -0.05) is 42.5 Å². The highest BCUT2D eigenvalue weighted by molar-refractivity contribution is 5.99. The maximum Gasteiger partial charge on any atom is 0.285 e. The van der Waals surface area contributed by atoms with Crippen molar-refractivity contribution < 1.29 is 9.53 Å². The quantitative estimate of drug-likeness (QED) is 0.529. The van der Waals surface area contributed by atoms with E-state index in [4.69, 9.17) is 4.74 Å². The Morgan fingerprint density at radius 2 is 1.87 bits per heavy atom. The standard InChI is InChI=1S/C23H21N5O2/c1-16-11-12-18(20(14-16)30-2)22(29)28-23(25-15-17-8-4-3-5-9-17)26-21(27-28)19-10-6-7-13-24-19/h3-14H,15H2,1-2H3,(H,25,26,27). The van der Waals surface area contributed by atoms with Crippen molar-refractivity contribution in [3.63, 3.8) is 0 Å². The van der Waals surface area contributed by atoms with Crippen molar-refractivity contribution in [1.29, 1.82) is 0 Å². The third kappa shape index (κ3) is 4.05. The Hall–Kier alpha value is -4.00. The Morgan fingerprint density at radius 3 is 2.60 bits per heavy atom. The first kappa shape index (κ1) is 19.3. The van der Waals surface area contributed by atoms with Gasteiger partial charge in [0.1, 0.15) is 11.4 Å². The first-order chi connectivity index (χ1) is 14.7. The smallest absolute Gasteiger partial charge is 0.285 e. The second-order valence-electron chi connectivity index (χ2n) is 6.73. The third-order valence-electron chi connectivity index (χ3n) is 4.57. The lowest BCUT2D eigenvalue weighted by Gasteiger charge is -2.10. The molecule has 30 heavy (non-hydrogen) atoms. The second-order valence-corrected chi connectivity index (χ2v) is 6.73. The molecule has 4 rings (SSSR count). The summed E-state index contributed by atoms with van der Waals surface area (Å²) in [6.07, 6.45) is 1.66. The van der Waals surface area contributed by atoms with E-state index in [1.54, 1.807) is 25.4 Å². The molecule has 2 aromatic carbocycles. The van der Waals surface area contributed by atoms with E-state index in [0.717, 1.165) is 11.1 Å². The maximum atomic E-state index is 13.3. The number of methoxy groups -OCH3 is 1. The first-order valence-corrected chi connectivity index (χ1v) is 9.51. The highest BCUT2D eigenvalue weighted by atomic mass is 16.5. The fourth-order valence-corrected chi connectivity index (χ4v) is 3.04. The number of carbonyl (C=O) groups is 1. The Balaban J connectivity index is 1.73. The molecule has 2 aromatic heterocycles. The summed E-state index contributed by atoms with van der Waals surface area (Å²) in [7, 11) is 1.54. The van der Waals surface area contributed by atoms with Gasteiger partial charge in [0.25, 0.3) is 5.91 Å². The number of benzene rings is 2. The van der Waals surface area contributed by atoms with Crippen LogP contribution in [0.5, 0.6) is 5.75 Å². The van der Waals surface area contributed by atoms with Gasteiger partial charge in [0, 0.05) is 12.7 Å². The topological polar surface area (TPSA) is 81.9 Å². The molecule has 0 spiro atoms. The molecular weight excluding hydrogens is 378 g/mol. The number of anilines is 1. The van der Waals surface area contributed by atoms with E-state index in [-0.39, 0.29) is 5.91 Å². The summed E-state index contributed by atoms with van der Waals surface area (Å²) < 4.78 is 6.68. The van der Waals surface area contributed by atoms with E-state index in [0.29, 0.717) is 35.3 Å². The molecule has 0 aliphatic rings. The monoisotopic (exact) mass is 399 g/mol. The summed E-state index contributed by atoms with van der Waals surface area (Å²) in [6.45, 7) is 2.44. The number of hydrogen-bond donors (Lipinski definition) is 1. The van der Waals surface area contributed by atoms with Crippen LogP contribution in [-0.4, -0.2) is 32.8 Å². The van der Waals surface area contributed by atoms with Crippen molar-refractivity contribution in [1.82, 2.24) is 19.7 Å². The number of pyridine rings is 1. The van der Waals surface area contributed by atoms with Crippen molar-refractivity contribution in [2.75, 3.05) is 12.4 Å². The highest BCUT2D eigenvalue weighted by Gasteiger charge is 2.22. The third-order valence-corrected chi connectivity index (χ3v) is 4.57. The van der Waals surface area contributed by atoms with Crippen LogP contribution in [0.3, 0.4) is 0 Å². The summed E-state index contributed by atoms with van der Waals surface area (Å²) in [5, 5.41) is 7.66. The van der Waals surface area contributed by atoms with Gasteiger partial charge in [-0.25, -0.2) is 0 Å². The molecule has 0 amide bonds. The van der Waals surface area contributed by atoms with Gasteiger partial charge >= 0.3 is 0 Å². The van der Waals surface area contributed by atoms with Crippen LogP contribution in [0.4, 0.5) is 5.95 Å². The maximum absolute atomic E-state index is 13.3. The number of nitrogens with one attached hydrogen (secondary N) is 1. The van der Waals surface area contributed by atoms with Crippen molar-refractivity contribution in [3.05, 3.63) is 89.6 Å². The van der Waals surface area contributed by atoms with E-state index < -0.39 is 0 Å². The van der Waals surface area contributed by atoms with Crippen molar-refractivity contribution in [2.45, 2.75) is 13.5 Å². The lowest BCUT2D eigenvalue weighted by Crippen LogP contribution is -2.18. The molecule has 0 aliphatic carbocycles. The first-order valence-electron chi connectivity index (χ1n) is 9.51. The summed E-state index contributed by atoms with van der Waals surface area (Å²) in [6, 6.07) is 20.8. The summed E-state index contributed by atoms with van der Waals surface area (Å²) >= 11 is 0. The van der Waals surface area contributed by atoms with Crippen molar-refractivity contribution in [3.8, 4) is 17.3 Å². The zero-order chi connectivity index (χ0) is 20.9. The number of rotatable bonds is 6. The molecule has 0 radical (unpaired) electrons. The molecule has 0 atom stereocenters. The molecule has 0 aliphatic heterocycles. The molecule has 1 N–H and O–H groups in total. The number of hydrogen-bond acceptors (Lipinski definition) is 6. The van der Waals surface area contributed by atoms with Crippen LogP contribution in [0.25, 0.3) is 11.5 Å². The Morgan fingerprint density at radius 1 is 1.07 bits per heavy atom. The van der Waals surface area contributed by atoms with Crippen LogP contribution < -0.4 is 10.1 Å². The minimum Gasteiger partial charge on any atom is -0.496 e. The van der Waals surface area contributed by atoms with E-state index >= 15 is 0 Å². The molecule has 2 heterocycles. The molecule has 0 saturated carbocycles. The fraction of sp³-hybridized carbons (Fsp3) is 0.130. The largest absolute Gasteiger partial charge is 0.496 e. The lowest BCUT2D eigenvalue weighted by molar-refractivity contribution is 0.0944. The van der Waals surface area contributed by atoms with E-state index in [1.807, 2.05) is 61.5 Å². The predicted molar refractivity (Wildman–Crippen MR) is 114 cm³/mol. The predicted octanol–water partition coefficient (Wildman–Crippen LogP) is 3.96. The van der Waals surface area contributed by atoms with Crippen LogP contribution >= 0.6 is 0 Å². The number of aromatic nitrogens is 4. The summed E-state index contributed by atoms with van der Waals surface area (Å²) in [5.41, 5.74) is 3.05. The zero-order valence-electron chi connectivity index (χ0n) is 16.7. The van der Waals surface area contributed by atoms with Crippen LogP contribution in [0.1, 0.15) is 21.5 Å². The Kier molecular flexibility index (Phi) is 5.52. The molecule has 0 unspecified atom stereocenters. The van der Waals surface area contributed by atoms with Crippen LogP contribution in [0.2, 0.25) is 0 Å². The fourth-order valence-electron chi connectivity index (χ4n) is 3.04. The summed E-state index contributed by atoms with van der Waals surface area (Å²) in [4.78, 5) is 22.2. The van der Waals surface area contributed by atoms with Gasteiger partial charge in [-0.3, -0.25) is 9.78 Å². The molecule has 4 aromatic rings. The van der Waals surface area contributed by atoms with Gasteiger partial charge in [0.05, 0.1) is 12.7 Å². The van der Waals surface area contributed by atoms with Gasteiger partial charge in [0.2, 0.25) is 11.8 Å². The average molecular weight is 399 g/mol. The van der Waals surface area contributed by atoms with Crippen LogP contribution in [0, 0.1) is 6.92 Å². The Labute approximate surface area is 174 Å². The highest BCUT2D eigenvalue weighted by Crippen LogP contribution is 2.23. The van der Waals surface area contributed by atoms with Gasteiger partial charge < -0.3 is 10.1 Å². The molecule has 150 valence electrons. The van der Waals surface area contributed by atoms with Gasteiger partial charge in [-0.2, -0.15) is 9.67 Å². The number of nitrogens with zero attached hydrogens (tertiary/aromatic N) is 4. The number of ether oxygens (including phenoxy) is 1. The number of aryl methyl sites for hydroxylation is 1. The van der Waals surface area contributed by atoms with E-state index in [9.17, 15) is 4.79 Å². The number of carbonyl (C=O) groups excluding carboxylic acids is 1. The molecule has 0 saturated heterocycles. The SMILES string of the molecule is COc1cc(C)ccc1C(=O)n1nc(-c2ccccn2)nc1NCc1ccccc1. The van der Waals surface area contributed by atoms with E-state index in [1.165, 1.54) is 4.68 Å². The van der Waals surface area contributed by atoms with Crippen molar-refractivity contribution in [2.24, 2.45) is 0 Å². The second kappa shape index (κ2) is 8.57. The minimum absolute atomic E-state index is 0.336.